The molecule has 3 aliphatic rings. The number of nitrogens with zero attached hydrogens (tertiary/aromatic N) is 6. The van der Waals surface area contributed by atoms with E-state index in [1.165, 1.54) is 4.90 Å². The second kappa shape index (κ2) is 21.3. The van der Waals surface area contributed by atoms with Crippen LogP contribution >= 0.6 is 11.6 Å². The number of piperazine rings is 1. The number of hydrogen-bond acceptors (Lipinski definition) is 10. The fourth-order valence-electron chi connectivity index (χ4n) is 10.0. The summed E-state index contributed by atoms with van der Waals surface area (Å²) in [5.41, 5.74) is 5.96. The number of halogens is 1. The predicted molar refractivity (Wildman–Crippen MR) is 274 cm³/mol. The van der Waals surface area contributed by atoms with Crippen LogP contribution in [0.3, 0.4) is 0 Å². The number of amides is 4. The molecule has 9 rings (SSSR count). The van der Waals surface area contributed by atoms with Crippen molar-refractivity contribution in [1.29, 1.82) is 0 Å². The molecular formula is C55H64ClN7O8. The Morgan fingerprint density at radius 2 is 1.56 bits per heavy atom. The van der Waals surface area contributed by atoms with E-state index < -0.39 is 23.5 Å². The molecule has 4 amide bonds. The van der Waals surface area contributed by atoms with E-state index in [9.17, 15) is 24.0 Å². The molecule has 374 valence electrons. The number of hydrogen-bond donors (Lipinski definition) is 1. The van der Waals surface area contributed by atoms with Crippen molar-refractivity contribution in [2.24, 2.45) is 7.05 Å². The Kier molecular flexibility index (Phi) is 15.2. The van der Waals surface area contributed by atoms with Gasteiger partial charge in [0.1, 0.15) is 28.8 Å². The largest absolute Gasteiger partial charge is 0.493 e. The number of imide groups is 1. The summed E-state index contributed by atoms with van der Waals surface area (Å²) < 4.78 is 22.6. The minimum Gasteiger partial charge on any atom is -0.493 e. The Balaban J connectivity index is 0.00000334. The van der Waals surface area contributed by atoms with Gasteiger partial charge in [0.05, 0.1) is 29.4 Å². The molecule has 0 spiro atoms. The molecule has 0 bridgehead atoms. The molecule has 1 N–H and O–H groups in total. The van der Waals surface area contributed by atoms with Crippen molar-refractivity contribution in [2.45, 2.75) is 98.9 Å². The first-order chi connectivity index (χ1) is 34.1. The Labute approximate surface area is 419 Å². The standard InChI is InChI=1S/C53H58ClN7O8.C2H6/c1-32-46(33(2)57(6)56-32)47-40(54)20-19-37-36(16-11-29-67-42-17-9-13-34-12-7-8-14-35(34)42)49(52(66)69-53(3,4)5)60(48(37)47)28-25-58-23-26-59(27-24-58)45(63)31-68-43-18-10-15-38-39(43)30-61(51(38)65)41-21-22-44(62)55-50(41)64;1-2/h7-10,12-15,17-20,41H,11,16,21-31H2,1-6H3,(H,55,62,64);1-2H3. The van der Waals surface area contributed by atoms with Crippen molar-refractivity contribution in [3.8, 4) is 22.6 Å². The first-order valence-electron chi connectivity index (χ1n) is 24.7. The number of aryl methyl sites for hydroxylation is 3. The van der Waals surface area contributed by atoms with Gasteiger partial charge in [-0.2, -0.15) is 5.10 Å². The zero-order valence-corrected chi connectivity index (χ0v) is 42.8. The third-order valence-corrected chi connectivity index (χ3v) is 13.8. The lowest BCUT2D eigenvalue weighted by atomic mass is 9.98. The molecule has 0 saturated carbocycles. The Morgan fingerprint density at radius 1 is 0.845 bits per heavy atom. The van der Waals surface area contributed by atoms with Gasteiger partial charge in [0.15, 0.2) is 6.61 Å². The number of esters is 1. The number of aromatic nitrogens is 3. The second-order valence-corrected chi connectivity index (χ2v) is 19.5. The number of carbonyl (C=O) groups is 5. The molecule has 15 nitrogen and oxygen atoms in total. The Bertz CT molecular complexity index is 3010. The molecule has 0 aliphatic carbocycles. The van der Waals surface area contributed by atoms with Crippen LogP contribution < -0.4 is 14.8 Å². The van der Waals surface area contributed by atoms with Crippen LogP contribution in [-0.2, 0) is 45.7 Å². The molecule has 5 heterocycles. The number of fused-ring (bicyclic) bond motifs is 3. The van der Waals surface area contributed by atoms with Gasteiger partial charge in [-0.05, 0) is 89.1 Å². The van der Waals surface area contributed by atoms with Gasteiger partial charge < -0.3 is 28.6 Å². The number of benzene rings is 4. The summed E-state index contributed by atoms with van der Waals surface area (Å²) in [7, 11) is 1.91. The molecule has 6 aromatic rings. The highest BCUT2D eigenvalue weighted by molar-refractivity contribution is 6.35. The van der Waals surface area contributed by atoms with Crippen molar-refractivity contribution >= 4 is 62.9 Å². The number of ether oxygens (including phenoxy) is 3. The fourth-order valence-corrected chi connectivity index (χ4v) is 10.3. The van der Waals surface area contributed by atoms with Crippen molar-refractivity contribution in [2.75, 3.05) is 45.9 Å². The van der Waals surface area contributed by atoms with Crippen LogP contribution in [0.4, 0.5) is 0 Å². The average molecular weight is 987 g/mol. The Morgan fingerprint density at radius 3 is 2.28 bits per heavy atom. The lowest BCUT2D eigenvalue weighted by molar-refractivity contribution is -0.137. The maximum Gasteiger partial charge on any atom is 0.355 e. The topological polar surface area (TPSA) is 158 Å². The van der Waals surface area contributed by atoms with Crippen molar-refractivity contribution in [3.05, 3.63) is 112 Å². The highest BCUT2D eigenvalue weighted by Crippen LogP contribution is 2.43. The summed E-state index contributed by atoms with van der Waals surface area (Å²) in [6.07, 6.45) is 1.58. The van der Waals surface area contributed by atoms with E-state index in [0.717, 1.165) is 55.5 Å². The zero-order valence-electron chi connectivity index (χ0n) is 42.0. The first kappa shape index (κ1) is 50.7. The first-order valence-corrected chi connectivity index (χ1v) is 25.0. The average Bonchev–Trinajstić information content (AvgIpc) is 3.95. The number of nitrogens with one attached hydrogen (secondary N) is 1. The lowest BCUT2D eigenvalue weighted by Gasteiger charge is -2.35. The smallest absolute Gasteiger partial charge is 0.355 e. The van der Waals surface area contributed by atoms with Crippen LogP contribution in [0, 0.1) is 13.8 Å². The lowest BCUT2D eigenvalue weighted by Crippen LogP contribution is -2.52. The van der Waals surface area contributed by atoms with Gasteiger partial charge in [0, 0.05) is 91.5 Å². The highest BCUT2D eigenvalue weighted by Gasteiger charge is 2.40. The number of carbonyl (C=O) groups excluding carboxylic acids is 5. The molecule has 16 heteroatoms. The van der Waals surface area contributed by atoms with Gasteiger partial charge >= 0.3 is 5.97 Å². The van der Waals surface area contributed by atoms with E-state index in [1.807, 2.05) is 96.6 Å². The molecule has 0 radical (unpaired) electrons. The van der Waals surface area contributed by atoms with Crippen LogP contribution in [0.5, 0.6) is 11.5 Å². The molecule has 3 aliphatic heterocycles. The summed E-state index contributed by atoms with van der Waals surface area (Å²) >= 11 is 7.21. The molecule has 2 aromatic heterocycles. The van der Waals surface area contributed by atoms with Crippen molar-refractivity contribution in [1.82, 2.24) is 34.4 Å². The van der Waals surface area contributed by atoms with Gasteiger partial charge in [0.25, 0.3) is 11.8 Å². The third-order valence-electron chi connectivity index (χ3n) is 13.5. The van der Waals surface area contributed by atoms with Crippen molar-refractivity contribution in [3.63, 3.8) is 0 Å². The molecule has 1 atom stereocenters. The van der Waals surface area contributed by atoms with Crippen LogP contribution in [0.1, 0.15) is 97.2 Å². The van der Waals surface area contributed by atoms with Crippen LogP contribution in [-0.4, -0.2) is 116 Å². The van der Waals surface area contributed by atoms with E-state index in [1.54, 1.807) is 23.1 Å². The van der Waals surface area contributed by atoms with Gasteiger partial charge in [-0.1, -0.05) is 74.0 Å². The molecule has 1 unspecified atom stereocenters. The van der Waals surface area contributed by atoms with Gasteiger partial charge in [-0.25, -0.2) is 4.79 Å². The maximum atomic E-state index is 14.6. The summed E-state index contributed by atoms with van der Waals surface area (Å²) in [5.74, 6) is -0.523. The molecular weight excluding hydrogens is 922 g/mol. The van der Waals surface area contributed by atoms with Crippen LogP contribution in [0.25, 0.3) is 32.8 Å². The van der Waals surface area contributed by atoms with Crippen LogP contribution in [0.15, 0.2) is 72.8 Å². The highest BCUT2D eigenvalue weighted by atomic mass is 35.5. The quantitative estimate of drug-likeness (QED) is 0.0638. The fraction of sp³-hybridized carbons (Fsp3) is 0.418. The summed E-state index contributed by atoms with van der Waals surface area (Å²) in [4.78, 5) is 71.5. The van der Waals surface area contributed by atoms with Crippen molar-refractivity contribution < 1.29 is 38.2 Å². The predicted octanol–water partition coefficient (Wildman–Crippen LogP) is 8.44. The van der Waals surface area contributed by atoms with Gasteiger partial charge in [0.2, 0.25) is 11.8 Å². The Hall–Kier alpha value is -6.71. The number of piperidine rings is 1. The molecule has 2 saturated heterocycles. The third kappa shape index (κ3) is 10.5. The zero-order chi connectivity index (χ0) is 50.7. The summed E-state index contributed by atoms with van der Waals surface area (Å²) in [5, 5.41) is 10.7. The van der Waals surface area contributed by atoms with E-state index in [-0.39, 0.29) is 43.7 Å². The monoisotopic (exact) mass is 985 g/mol. The normalized spacial score (nSPS) is 16.2. The SMILES string of the molecule is CC.Cc1nn(C)c(C)c1-c1c(Cl)ccc2c(CCCOc3cccc4ccccc34)c(C(=O)OC(C)(C)C)n(CCN3CCN(C(=O)COc4cccc5c4CN(C4CCC(=O)NC4=O)C5=O)CC3)c12. The van der Waals surface area contributed by atoms with E-state index >= 15 is 0 Å². The molecule has 4 aromatic carbocycles. The minimum atomic E-state index is -0.759. The van der Waals surface area contributed by atoms with Crippen LogP contribution in [0.2, 0.25) is 5.02 Å². The van der Waals surface area contributed by atoms with Gasteiger partial charge in [-0.15, -0.1) is 0 Å². The summed E-state index contributed by atoms with van der Waals surface area (Å²) in [6, 6.07) is 22.5. The van der Waals surface area contributed by atoms with E-state index in [2.05, 4.69) is 33.0 Å². The minimum absolute atomic E-state index is 0.146. The van der Waals surface area contributed by atoms with E-state index in [4.69, 9.17) is 30.9 Å². The number of rotatable bonds is 14. The molecule has 71 heavy (non-hydrogen) atoms. The summed E-state index contributed by atoms with van der Waals surface area (Å²) in [6.45, 7) is 17.1. The van der Waals surface area contributed by atoms with Gasteiger partial charge in [-0.3, -0.25) is 34.1 Å². The van der Waals surface area contributed by atoms with E-state index in [0.29, 0.717) is 86.3 Å². The molecule has 2 fully saturated rings. The second-order valence-electron chi connectivity index (χ2n) is 19.1. The maximum absolute atomic E-state index is 14.6.